The van der Waals surface area contributed by atoms with Crippen molar-refractivity contribution in [3.05, 3.63) is 35.1 Å². The minimum absolute atomic E-state index is 0.426. The number of hydrogen-bond donors (Lipinski definition) is 1. The van der Waals surface area contributed by atoms with Crippen molar-refractivity contribution in [2.75, 3.05) is 6.54 Å². The van der Waals surface area contributed by atoms with Gasteiger partial charge in [-0.15, -0.1) is 11.3 Å². The van der Waals surface area contributed by atoms with Crippen molar-refractivity contribution >= 4 is 11.3 Å². The Labute approximate surface area is 106 Å². The van der Waals surface area contributed by atoms with Crippen LogP contribution in [0.1, 0.15) is 18.3 Å². The molecule has 2 N–H and O–H groups in total. The summed E-state index contributed by atoms with van der Waals surface area (Å²) in [5, 5.41) is 2.09. The molecule has 2 heterocycles. The number of thiophene rings is 1. The Bertz CT molecular complexity index is 493. The molecule has 0 radical (unpaired) electrons. The van der Waals surface area contributed by atoms with Crippen molar-refractivity contribution < 1.29 is 0 Å². The lowest BCUT2D eigenvalue weighted by atomic mass is 10.1. The van der Waals surface area contributed by atoms with Crippen molar-refractivity contribution in [1.29, 1.82) is 0 Å². The van der Waals surface area contributed by atoms with E-state index in [4.69, 9.17) is 5.73 Å². The molecule has 1 atom stereocenters. The molecule has 3 nitrogen and oxygen atoms in total. The van der Waals surface area contributed by atoms with E-state index >= 15 is 0 Å². The quantitative estimate of drug-likeness (QED) is 0.903. The van der Waals surface area contributed by atoms with Gasteiger partial charge in [-0.3, -0.25) is 0 Å². The molecule has 0 aliphatic carbocycles. The summed E-state index contributed by atoms with van der Waals surface area (Å²) in [7, 11) is 0. The van der Waals surface area contributed by atoms with Crippen LogP contribution in [0, 0.1) is 12.8 Å². The van der Waals surface area contributed by atoms with E-state index in [9.17, 15) is 0 Å². The second kappa shape index (κ2) is 5.38. The molecule has 90 valence electrons. The van der Waals surface area contributed by atoms with Crippen LogP contribution in [0.15, 0.2) is 23.7 Å². The highest BCUT2D eigenvalue weighted by Crippen LogP contribution is 2.27. The van der Waals surface area contributed by atoms with E-state index < -0.39 is 0 Å². The average Bonchev–Trinajstić information content (AvgIpc) is 2.75. The van der Waals surface area contributed by atoms with Gasteiger partial charge in [-0.05, 0) is 42.5 Å². The Morgan fingerprint density at radius 2 is 2.24 bits per heavy atom. The molecule has 2 rings (SSSR count). The topological polar surface area (TPSA) is 51.8 Å². The number of aryl methyl sites for hydroxylation is 1. The van der Waals surface area contributed by atoms with Gasteiger partial charge in [0.25, 0.3) is 0 Å². The van der Waals surface area contributed by atoms with Crippen LogP contribution < -0.4 is 5.73 Å². The van der Waals surface area contributed by atoms with Crippen molar-refractivity contribution in [2.24, 2.45) is 11.7 Å². The number of rotatable bonds is 4. The lowest BCUT2D eigenvalue weighted by molar-refractivity contribution is 0.574. The van der Waals surface area contributed by atoms with Crippen LogP contribution in [0.5, 0.6) is 0 Å². The molecule has 0 aliphatic heterocycles. The highest BCUT2D eigenvalue weighted by Gasteiger charge is 2.08. The molecule has 1 unspecified atom stereocenters. The maximum atomic E-state index is 5.62. The third-order valence-corrected chi connectivity index (χ3v) is 3.77. The molecule has 4 heteroatoms. The van der Waals surface area contributed by atoms with Gasteiger partial charge in [0.2, 0.25) is 0 Å². The summed E-state index contributed by atoms with van der Waals surface area (Å²) in [6, 6.07) is 4.08. The molecule has 2 aromatic rings. The highest BCUT2D eigenvalue weighted by molar-refractivity contribution is 7.13. The second-order valence-electron chi connectivity index (χ2n) is 4.34. The summed E-state index contributed by atoms with van der Waals surface area (Å²) in [4.78, 5) is 10.1. The van der Waals surface area contributed by atoms with Gasteiger partial charge in [-0.25, -0.2) is 9.97 Å². The summed E-state index contributed by atoms with van der Waals surface area (Å²) >= 11 is 1.72. The number of nitrogens with two attached hydrogens (primary N) is 1. The normalized spacial score (nSPS) is 12.6. The maximum absolute atomic E-state index is 5.62. The maximum Gasteiger partial charge on any atom is 0.129 e. The van der Waals surface area contributed by atoms with Crippen LogP contribution in [0.3, 0.4) is 0 Å². The summed E-state index contributed by atoms with van der Waals surface area (Å²) in [6.07, 6.45) is 2.68. The molecule has 0 saturated carbocycles. The van der Waals surface area contributed by atoms with Crippen molar-refractivity contribution in [1.82, 2.24) is 9.97 Å². The SMILES string of the molecule is Cc1ccsc1-c1ccnc(CC(C)CN)n1. The van der Waals surface area contributed by atoms with E-state index in [-0.39, 0.29) is 0 Å². The Morgan fingerprint density at radius 3 is 2.88 bits per heavy atom. The fraction of sp³-hybridized carbons (Fsp3) is 0.385. The second-order valence-corrected chi connectivity index (χ2v) is 5.25. The van der Waals surface area contributed by atoms with E-state index in [1.165, 1.54) is 10.4 Å². The molecule has 0 saturated heterocycles. The molecule has 0 fully saturated rings. The van der Waals surface area contributed by atoms with Gasteiger partial charge in [0, 0.05) is 12.6 Å². The number of hydrogen-bond acceptors (Lipinski definition) is 4. The van der Waals surface area contributed by atoms with Gasteiger partial charge in [-0.1, -0.05) is 6.92 Å². The molecule has 0 aromatic carbocycles. The monoisotopic (exact) mass is 247 g/mol. The number of aromatic nitrogens is 2. The van der Waals surface area contributed by atoms with E-state index in [1.807, 2.05) is 12.3 Å². The minimum Gasteiger partial charge on any atom is -0.330 e. The Kier molecular flexibility index (Phi) is 3.86. The van der Waals surface area contributed by atoms with Gasteiger partial charge >= 0.3 is 0 Å². The third-order valence-electron chi connectivity index (χ3n) is 2.73. The zero-order chi connectivity index (χ0) is 12.3. The fourth-order valence-corrected chi connectivity index (χ4v) is 2.55. The fourth-order valence-electron chi connectivity index (χ4n) is 1.65. The molecular formula is C13H17N3S. The highest BCUT2D eigenvalue weighted by atomic mass is 32.1. The van der Waals surface area contributed by atoms with E-state index in [1.54, 1.807) is 11.3 Å². The molecule has 0 aliphatic rings. The summed E-state index contributed by atoms with van der Waals surface area (Å²) < 4.78 is 0. The molecule has 2 aromatic heterocycles. The first-order chi connectivity index (χ1) is 8.20. The van der Waals surface area contributed by atoms with Gasteiger partial charge in [0.15, 0.2) is 0 Å². The molecule has 0 spiro atoms. The van der Waals surface area contributed by atoms with E-state index in [0.717, 1.165) is 17.9 Å². The van der Waals surface area contributed by atoms with Gasteiger partial charge in [0.1, 0.15) is 5.82 Å². The Morgan fingerprint density at radius 1 is 1.41 bits per heavy atom. The molecule has 0 amide bonds. The summed E-state index contributed by atoms with van der Waals surface area (Å²) in [5.41, 5.74) is 7.91. The third kappa shape index (κ3) is 2.90. The molecular weight excluding hydrogens is 230 g/mol. The average molecular weight is 247 g/mol. The molecule has 0 bridgehead atoms. The van der Waals surface area contributed by atoms with Crippen LogP contribution in [0.2, 0.25) is 0 Å². The predicted molar refractivity (Wildman–Crippen MR) is 72.0 cm³/mol. The zero-order valence-electron chi connectivity index (χ0n) is 10.2. The standard InChI is InChI=1S/C13H17N3S/c1-9(8-14)7-12-15-5-3-11(16-12)13-10(2)4-6-17-13/h3-6,9H,7-8,14H2,1-2H3. The Balaban J connectivity index is 2.26. The first-order valence-electron chi connectivity index (χ1n) is 5.77. The predicted octanol–water partition coefficient (Wildman–Crippen LogP) is 2.65. The van der Waals surface area contributed by atoms with Crippen LogP contribution in [0.4, 0.5) is 0 Å². The Hall–Kier alpha value is -1.26. The molecule has 17 heavy (non-hydrogen) atoms. The van der Waals surface area contributed by atoms with Crippen molar-refractivity contribution in [3.63, 3.8) is 0 Å². The van der Waals surface area contributed by atoms with Crippen LogP contribution in [-0.4, -0.2) is 16.5 Å². The van der Waals surface area contributed by atoms with Gasteiger partial charge < -0.3 is 5.73 Å². The first kappa shape index (κ1) is 12.2. The number of nitrogens with zero attached hydrogens (tertiary/aromatic N) is 2. The lowest BCUT2D eigenvalue weighted by Crippen LogP contribution is -2.14. The van der Waals surface area contributed by atoms with Crippen molar-refractivity contribution in [3.8, 4) is 10.6 Å². The first-order valence-corrected chi connectivity index (χ1v) is 6.65. The van der Waals surface area contributed by atoms with E-state index in [0.29, 0.717) is 12.5 Å². The minimum atomic E-state index is 0.426. The van der Waals surface area contributed by atoms with Gasteiger partial charge in [0.05, 0.1) is 10.6 Å². The smallest absolute Gasteiger partial charge is 0.129 e. The van der Waals surface area contributed by atoms with Crippen LogP contribution in [-0.2, 0) is 6.42 Å². The summed E-state index contributed by atoms with van der Waals surface area (Å²) in [6.45, 7) is 4.90. The van der Waals surface area contributed by atoms with E-state index in [2.05, 4.69) is 35.3 Å². The van der Waals surface area contributed by atoms with Gasteiger partial charge in [-0.2, -0.15) is 0 Å². The van der Waals surface area contributed by atoms with Crippen molar-refractivity contribution in [2.45, 2.75) is 20.3 Å². The largest absolute Gasteiger partial charge is 0.330 e. The lowest BCUT2D eigenvalue weighted by Gasteiger charge is -2.07. The zero-order valence-corrected chi connectivity index (χ0v) is 11.0. The van der Waals surface area contributed by atoms with Crippen LogP contribution in [0.25, 0.3) is 10.6 Å². The van der Waals surface area contributed by atoms with Crippen LogP contribution >= 0.6 is 11.3 Å². The summed E-state index contributed by atoms with van der Waals surface area (Å²) in [5.74, 6) is 1.31.